The van der Waals surface area contributed by atoms with Crippen LogP contribution in [0.1, 0.15) is 68.2 Å². The third-order valence-corrected chi connectivity index (χ3v) is 16.6. The number of rotatable bonds is 4. The van der Waals surface area contributed by atoms with E-state index in [1.165, 1.54) is 114 Å². The summed E-state index contributed by atoms with van der Waals surface area (Å²) in [6.07, 6.45) is 7.09. The molecular formula is C55H45NS. The van der Waals surface area contributed by atoms with Crippen LogP contribution in [-0.4, -0.2) is 0 Å². The Labute approximate surface area is 339 Å². The van der Waals surface area contributed by atoms with Crippen molar-refractivity contribution in [2.45, 2.75) is 56.8 Å². The number of fused-ring (bicyclic) bond motifs is 9. The van der Waals surface area contributed by atoms with E-state index in [4.69, 9.17) is 0 Å². The summed E-state index contributed by atoms with van der Waals surface area (Å²) in [6, 6.07) is 58.4. The van der Waals surface area contributed by atoms with Gasteiger partial charge in [0, 0.05) is 42.3 Å². The van der Waals surface area contributed by atoms with Gasteiger partial charge >= 0.3 is 0 Å². The van der Waals surface area contributed by atoms with Crippen LogP contribution < -0.4 is 4.90 Å². The quantitative estimate of drug-likeness (QED) is 0.173. The fourth-order valence-corrected chi connectivity index (χ4v) is 14.7. The Bertz CT molecular complexity index is 2950. The molecule has 1 spiro atoms. The largest absolute Gasteiger partial charge is 0.309 e. The lowest BCUT2D eigenvalue weighted by molar-refractivity contribution is -0.0399. The highest BCUT2D eigenvalue weighted by Gasteiger charge is 2.61. The number of hydrogen-bond donors (Lipinski definition) is 0. The first-order chi connectivity index (χ1) is 28.0. The highest BCUT2D eigenvalue weighted by atomic mass is 32.1. The number of anilines is 3. The minimum Gasteiger partial charge on any atom is -0.309 e. The molecule has 0 N–H and O–H groups in total. The predicted molar refractivity (Wildman–Crippen MR) is 240 cm³/mol. The van der Waals surface area contributed by atoms with E-state index in [9.17, 15) is 0 Å². The van der Waals surface area contributed by atoms with Gasteiger partial charge in [0.1, 0.15) is 0 Å². The molecule has 0 amide bonds. The second kappa shape index (κ2) is 11.6. The smallest absolute Gasteiger partial charge is 0.0555 e. The van der Waals surface area contributed by atoms with Gasteiger partial charge in [-0.2, -0.15) is 0 Å². The molecule has 0 radical (unpaired) electrons. The molecular weight excluding hydrogens is 707 g/mol. The monoisotopic (exact) mass is 751 g/mol. The van der Waals surface area contributed by atoms with Crippen molar-refractivity contribution in [3.8, 4) is 33.4 Å². The van der Waals surface area contributed by atoms with E-state index in [1.54, 1.807) is 11.1 Å². The van der Waals surface area contributed by atoms with Crippen LogP contribution in [0.4, 0.5) is 17.1 Å². The zero-order chi connectivity index (χ0) is 37.6. The van der Waals surface area contributed by atoms with Gasteiger partial charge in [0.15, 0.2) is 0 Å². The summed E-state index contributed by atoms with van der Waals surface area (Å²) in [7, 11) is 0. The molecule has 6 aliphatic rings. The molecule has 0 atom stereocenters. The van der Waals surface area contributed by atoms with Crippen molar-refractivity contribution in [1.82, 2.24) is 0 Å². The van der Waals surface area contributed by atoms with Gasteiger partial charge in [-0.15, -0.1) is 11.3 Å². The van der Waals surface area contributed by atoms with Gasteiger partial charge in [-0.3, -0.25) is 0 Å². The molecule has 1 aromatic heterocycles. The molecule has 276 valence electrons. The van der Waals surface area contributed by atoms with E-state index in [0.29, 0.717) is 0 Å². The fourth-order valence-electron chi connectivity index (χ4n) is 13.5. The number of thiophene rings is 1. The van der Waals surface area contributed by atoms with Crippen LogP contribution in [0.25, 0.3) is 53.6 Å². The Kier molecular flexibility index (Phi) is 6.63. The van der Waals surface area contributed by atoms with Crippen molar-refractivity contribution >= 4 is 48.6 Å². The second-order valence-electron chi connectivity index (χ2n) is 18.5. The van der Waals surface area contributed by atoms with E-state index in [-0.39, 0.29) is 10.8 Å². The Balaban J connectivity index is 1.06. The molecule has 0 saturated heterocycles. The lowest BCUT2D eigenvalue weighted by atomic mass is 9.43. The molecule has 0 unspecified atom stereocenters. The van der Waals surface area contributed by atoms with Crippen LogP contribution >= 0.6 is 11.3 Å². The van der Waals surface area contributed by atoms with Crippen molar-refractivity contribution in [1.29, 1.82) is 0 Å². The lowest BCUT2D eigenvalue weighted by Gasteiger charge is -2.61. The summed E-state index contributed by atoms with van der Waals surface area (Å²) in [6.45, 7) is 4.78. The van der Waals surface area contributed by atoms with Gasteiger partial charge in [0.2, 0.25) is 0 Å². The van der Waals surface area contributed by atoms with E-state index in [1.807, 2.05) is 11.3 Å². The first-order valence-electron chi connectivity index (χ1n) is 21.3. The minimum absolute atomic E-state index is 0.0948. The Morgan fingerprint density at radius 3 is 1.91 bits per heavy atom. The molecule has 7 aromatic carbocycles. The van der Waals surface area contributed by atoms with Crippen LogP contribution in [0, 0.1) is 23.7 Å². The topological polar surface area (TPSA) is 3.24 Å². The Hall–Kier alpha value is -5.44. The zero-order valence-electron chi connectivity index (χ0n) is 32.6. The normalized spacial score (nSPS) is 24.2. The highest BCUT2D eigenvalue weighted by molar-refractivity contribution is 7.26. The summed E-state index contributed by atoms with van der Waals surface area (Å²) < 4.78 is 2.65. The molecule has 1 heterocycles. The average Bonchev–Trinajstić information content (AvgIpc) is 3.85. The van der Waals surface area contributed by atoms with Gasteiger partial charge in [-0.05, 0) is 142 Å². The molecule has 14 rings (SSSR count). The summed E-state index contributed by atoms with van der Waals surface area (Å²) in [4.78, 5) is 2.60. The van der Waals surface area contributed by atoms with Gasteiger partial charge in [-0.1, -0.05) is 129 Å². The molecule has 2 heteroatoms. The molecule has 4 fully saturated rings. The first-order valence-corrected chi connectivity index (χ1v) is 22.1. The first kappa shape index (κ1) is 32.6. The third-order valence-electron chi connectivity index (χ3n) is 15.4. The lowest BCUT2D eigenvalue weighted by Crippen LogP contribution is -2.55. The van der Waals surface area contributed by atoms with Crippen molar-refractivity contribution < 1.29 is 0 Å². The molecule has 8 aromatic rings. The van der Waals surface area contributed by atoms with Crippen LogP contribution in [-0.2, 0) is 10.8 Å². The Morgan fingerprint density at radius 1 is 0.491 bits per heavy atom. The number of hydrogen-bond acceptors (Lipinski definition) is 2. The Morgan fingerprint density at radius 2 is 1.09 bits per heavy atom. The van der Waals surface area contributed by atoms with Crippen LogP contribution in [0.15, 0.2) is 152 Å². The predicted octanol–water partition coefficient (Wildman–Crippen LogP) is 15.2. The van der Waals surface area contributed by atoms with Crippen LogP contribution in [0.2, 0.25) is 0 Å². The van der Waals surface area contributed by atoms with E-state index < -0.39 is 0 Å². The summed E-state index contributed by atoms with van der Waals surface area (Å²) in [5, 5.41) is 2.64. The van der Waals surface area contributed by atoms with E-state index in [2.05, 4.69) is 170 Å². The van der Waals surface area contributed by atoms with Gasteiger partial charge in [0.05, 0.1) is 11.4 Å². The summed E-state index contributed by atoms with van der Waals surface area (Å²) in [5.74, 6) is 3.37. The van der Waals surface area contributed by atoms with E-state index in [0.717, 1.165) is 23.7 Å². The highest BCUT2D eigenvalue weighted by Crippen LogP contribution is 2.70. The molecule has 1 nitrogen and oxygen atoms in total. The molecule has 0 aliphatic heterocycles. The van der Waals surface area contributed by atoms with Gasteiger partial charge in [-0.25, -0.2) is 0 Å². The maximum Gasteiger partial charge on any atom is 0.0555 e. The number of nitrogens with zero attached hydrogens (tertiary/aromatic N) is 1. The van der Waals surface area contributed by atoms with Crippen molar-refractivity contribution in [2.75, 3.05) is 4.90 Å². The minimum atomic E-state index is -0.0948. The third kappa shape index (κ3) is 4.25. The van der Waals surface area contributed by atoms with Gasteiger partial charge in [0.25, 0.3) is 0 Å². The average molecular weight is 752 g/mol. The zero-order valence-corrected chi connectivity index (χ0v) is 33.5. The molecule has 6 aliphatic carbocycles. The van der Waals surface area contributed by atoms with Gasteiger partial charge < -0.3 is 4.90 Å². The summed E-state index contributed by atoms with van der Waals surface area (Å²) in [5.41, 5.74) is 18.1. The fraction of sp³-hybridized carbons (Fsp3) is 0.236. The van der Waals surface area contributed by atoms with Crippen LogP contribution in [0.5, 0.6) is 0 Å². The summed E-state index contributed by atoms with van der Waals surface area (Å²) >= 11 is 1.90. The van der Waals surface area contributed by atoms with Crippen molar-refractivity contribution in [3.05, 3.63) is 174 Å². The second-order valence-corrected chi connectivity index (χ2v) is 19.5. The number of benzene rings is 7. The molecule has 4 saturated carbocycles. The SMILES string of the molecule is CC1(C)c2ccccc2-c2c(N(c3cccc(-c4cccc5c4-c4ccccc4C54C5CC6CC(C5)CC4C6)c3)c3cccc4sc5ccccc5c34)cccc21. The molecule has 4 bridgehead atoms. The maximum absolute atomic E-state index is 2.60. The van der Waals surface area contributed by atoms with E-state index >= 15 is 0 Å². The van der Waals surface area contributed by atoms with Crippen molar-refractivity contribution in [2.24, 2.45) is 23.7 Å². The van der Waals surface area contributed by atoms with Crippen molar-refractivity contribution in [3.63, 3.8) is 0 Å². The standard InChI is InChI=1S/C55H45NS/c1-54(2)43-19-6-3-15-40(43)52-45(54)21-11-23-47(52)56(48-24-12-26-50-53(48)42-17-5-8-25-49(42)57-50)38-14-9-13-35(32-38)39-18-10-22-46-51(39)41-16-4-7-20-44(41)55(46)36-28-33-27-34(30-36)31-37(55)29-33/h3-26,32-34,36-37H,27-31H2,1-2H3. The molecule has 57 heavy (non-hydrogen) atoms. The maximum atomic E-state index is 2.60. The van der Waals surface area contributed by atoms with Crippen LogP contribution in [0.3, 0.4) is 0 Å².